The monoisotopic (exact) mass is 232 g/mol. The maximum absolute atomic E-state index is 11.0. The van der Waals surface area contributed by atoms with E-state index in [0.29, 0.717) is 12.5 Å². The summed E-state index contributed by atoms with van der Waals surface area (Å²) in [4.78, 5) is 11.0. The zero-order valence-corrected chi connectivity index (χ0v) is 10.5. The number of amides is 1. The van der Waals surface area contributed by atoms with E-state index in [1.54, 1.807) is 0 Å². The van der Waals surface area contributed by atoms with E-state index in [0.717, 1.165) is 19.5 Å². The Morgan fingerprint density at radius 3 is 2.88 bits per heavy atom. The van der Waals surface area contributed by atoms with Gasteiger partial charge in [-0.1, -0.05) is 23.8 Å². The average molecular weight is 232 g/mol. The Morgan fingerprint density at radius 1 is 1.41 bits per heavy atom. The molecule has 1 saturated heterocycles. The van der Waals surface area contributed by atoms with E-state index in [-0.39, 0.29) is 5.91 Å². The third-order valence-electron chi connectivity index (χ3n) is 3.29. The van der Waals surface area contributed by atoms with Gasteiger partial charge in [-0.25, -0.2) is 0 Å². The summed E-state index contributed by atoms with van der Waals surface area (Å²) in [5.74, 6) is 0.184. The Kier molecular flexibility index (Phi) is 3.79. The average Bonchev–Trinajstić information content (AvgIpc) is 2.68. The van der Waals surface area contributed by atoms with Crippen molar-refractivity contribution in [3.8, 4) is 0 Å². The van der Waals surface area contributed by atoms with Gasteiger partial charge < -0.3 is 10.6 Å². The first-order valence-corrected chi connectivity index (χ1v) is 6.21. The highest BCUT2D eigenvalue weighted by Gasteiger charge is 2.19. The molecule has 1 aliphatic rings. The topological polar surface area (TPSA) is 41.1 Å². The van der Waals surface area contributed by atoms with E-state index < -0.39 is 0 Å². The zero-order chi connectivity index (χ0) is 12.3. The molecule has 1 atom stereocenters. The molecule has 17 heavy (non-hydrogen) atoms. The van der Waals surface area contributed by atoms with Gasteiger partial charge in [-0.2, -0.15) is 0 Å². The summed E-state index contributed by atoms with van der Waals surface area (Å²) in [7, 11) is 0. The molecule has 0 bridgehead atoms. The minimum atomic E-state index is 0.184. The highest BCUT2D eigenvalue weighted by molar-refractivity contribution is 5.78. The van der Waals surface area contributed by atoms with Crippen LogP contribution in [0, 0.1) is 13.8 Å². The van der Waals surface area contributed by atoms with Gasteiger partial charge in [0.2, 0.25) is 5.91 Å². The lowest BCUT2D eigenvalue weighted by molar-refractivity contribution is -0.119. The van der Waals surface area contributed by atoms with Crippen LogP contribution in [0.15, 0.2) is 18.2 Å². The van der Waals surface area contributed by atoms with E-state index in [4.69, 9.17) is 0 Å². The summed E-state index contributed by atoms with van der Waals surface area (Å²) >= 11 is 0. The van der Waals surface area contributed by atoms with E-state index >= 15 is 0 Å². The van der Waals surface area contributed by atoms with Crippen molar-refractivity contribution >= 4 is 5.91 Å². The molecule has 1 aliphatic heterocycles. The molecule has 3 heteroatoms. The smallest absolute Gasteiger partial charge is 0.220 e. The molecule has 2 rings (SSSR count). The zero-order valence-electron chi connectivity index (χ0n) is 10.5. The fourth-order valence-corrected chi connectivity index (χ4v) is 2.26. The number of benzene rings is 1. The molecule has 92 valence electrons. The van der Waals surface area contributed by atoms with Gasteiger partial charge in [0.1, 0.15) is 0 Å². The van der Waals surface area contributed by atoms with Crippen LogP contribution in [0.3, 0.4) is 0 Å². The van der Waals surface area contributed by atoms with Crippen LogP contribution >= 0.6 is 0 Å². The van der Waals surface area contributed by atoms with Gasteiger partial charge in [0, 0.05) is 25.6 Å². The lowest BCUT2D eigenvalue weighted by atomic mass is 10.1. The molecular formula is C14H20N2O. The van der Waals surface area contributed by atoms with Crippen LogP contribution < -0.4 is 10.6 Å². The normalized spacial score (nSPS) is 19.4. The first kappa shape index (κ1) is 12.1. The van der Waals surface area contributed by atoms with Crippen molar-refractivity contribution in [2.24, 2.45) is 0 Å². The lowest BCUT2D eigenvalue weighted by Gasteiger charge is -2.12. The molecule has 0 aliphatic carbocycles. The Labute approximate surface area is 103 Å². The van der Waals surface area contributed by atoms with Crippen LogP contribution in [0.25, 0.3) is 0 Å². The first-order valence-electron chi connectivity index (χ1n) is 6.21. The number of hydrogen-bond acceptors (Lipinski definition) is 2. The fourth-order valence-electron chi connectivity index (χ4n) is 2.26. The van der Waals surface area contributed by atoms with Crippen LogP contribution in [-0.4, -0.2) is 18.5 Å². The third kappa shape index (κ3) is 3.30. The summed E-state index contributed by atoms with van der Waals surface area (Å²) in [5.41, 5.74) is 3.96. The third-order valence-corrected chi connectivity index (χ3v) is 3.29. The minimum Gasteiger partial charge on any atom is -0.352 e. The summed E-state index contributed by atoms with van der Waals surface area (Å²) in [6, 6.07) is 6.83. The predicted molar refractivity (Wildman–Crippen MR) is 68.8 cm³/mol. The number of aryl methyl sites for hydroxylation is 2. The van der Waals surface area contributed by atoms with E-state index in [2.05, 4.69) is 42.7 Å². The predicted octanol–water partition coefficient (Wildman–Crippen LogP) is 1.67. The maximum atomic E-state index is 11.0. The van der Waals surface area contributed by atoms with Crippen molar-refractivity contribution in [2.75, 3.05) is 6.54 Å². The molecular weight excluding hydrogens is 212 g/mol. The molecule has 1 aromatic carbocycles. The summed E-state index contributed by atoms with van der Waals surface area (Å²) in [6.07, 6.45) is 1.63. The van der Waals surface area contributed by atoms with Gasteiger partial charge in [-0.3, -0.25) is 4.79 Å². The van der Waals surface area contributed by atoms with Gasteiger partial charge in [-0.15, -0.1) is 0 Å². The van der Waals surface area contributed by atoms with Crippen molar-refractivity contribution in [1.82, 2.24) is 10.6 Å². The maximum Gasteiger partial charge on any atom is 0.220 e. The molecule has 0 radical (unpaired) electrons. The Balaban J connectivity index is 1.80. The molecule has 1 amide bonds. The Bertz CT molecular complexity index is 415. The molecule has 0 aromatic heterocycles. The molecule has 0 saturated carbocycles. The van der Waals surface area contributed by atoms with Crippen LogP contribution in [-0.2, 0) is 11.3 Å². The highest BCUT2D eigenvalue weighted by Crippen LogP contribution is 2.10. The minimum absolute atomic E-state index is 0.184. The lowest BCUT2D eigenvalue weighted by Crippen LogP contribution is -2.35. The molecule has 2 N–H and O–H groups in total. The second kappa shape index (κ2) is 5.32. The van der Waals surface area contributed by atoms with E-state index in [1.807, 2.05) is 0 Å². The van der Waals surface area contributed by atoms with Gasteiger partial charge in [-0.05, 0) is 31.4 Å². The van der Waals surface area contributed by atoms with E-state index in [1.165, 1.54) is 16.7 Å². The molecule has 0 spiro atoms. The highest BCUT2D eigenvalue weighted by atomic mass is 16.1. The van der Waals surface area contributed by atoms with Crippen LogP contribution in [0.1, 0.15) is 29.5 Å². The van der Waals surface area contributed by atoms with Gasteiger partial charge in [0.15, 0.2) is 0 Å². The Hall–Kier alpha value is -1.35. The van der Waals surface area contributed by atoms with Crippen molar-refractivity contribution in [3.63, 3.8) is 0 Å². The molecule has 1 fully saturated rings. The SMILES string of the molecule is Cc1ccc(CNCC2CCC(=O)N2)c(C)c1. The van der Waals surface area contributed by atoms with Crippen molar-refractivity contribution < 1.29 is 4.79 Å². The largest absolute Gasteiger partial charge is 0.352 e. The summed E-state index contributed by atoms with van der Waals surface area (Å²) < 4.78 is 0. The number of hydrogen-bond donors (Lipinski definition) is 2. The van der Waals surface area contributed by atoms with Gasteiger partial charge in [0.05, 0.1) is 0 Å². The summed E-state index contributed by atoms with van der Waals surface area (Å²) in [5, 5.41) is 6.37. The van der Waals surface area contributed by atoms with E-state index in [9.17, 15) is 4.79 Å². The van der Waals surface area contributed by atoms with Crippen molar-refractivity contribution in [3.05, 3.63) is 34.9 Å². The second-order valence-corrected chi connectivity index (χ2v) is 4.86. The molecule has 1 aromatic rings. The molecule has 1 heterocycles. The van der Waals surface area contributed by atoms with Crippen LogP contribution in [0.2, 0.25) is 0 Å². The molecule has 1 unspecified atom stereocenters. The summed E-state index contributed by atoms with van der Waals surface area (Å²) in [6.45, 7) is 5.98. The number of nitrogens with one attached hydrogen (secondary N) is 2. The number of rotatable bonds is 4. The van der Waals surface area contributed by atoms with Gasteiger partial charge in [0.25, 0.3) is 0 Å². The van der Waals surface area contributed by atoms with Gasteiger partial charge >= 0.3 is 0 Å². The van der Waals surface area contributed by atoms with Crippen molar-refractivity contribution in [2.45, 2.75) is 39.3 Å². The quantitative estimate of drug-likeness (QED) is 0.829. The fraction of sp³-hybridized carbons (Fsp3) is 0.500. The van der Waals surface area contributed by atoms with Crippen molar-refractivity contribution in [1.29, 1.82) is 0 Å². The second-order valence-electron chi connectivity index (χ2n) is 4.86. The number of carbonyl (C=O) groups excluding carboxylic acids is 1. The Morgan fingerprint density at radius 2 is 2.24 bits per heavy atom. The van der Waals surface area contributed by atoms with Crippen LogP contribution in [0.5, 0.6) is 0 Å². The number of carbonyl (C=O) groups is 1. The first-order chi connectivity index (χ1) is 8.15. The standard InChI is InChI=1S/C14H20N2O/c1-10-3-4-12(11(2)7-10)8-15-9-13-5-6-14(17)16-13/h3-4,7,13,15H,5-6,8-9H2,1-2H3,(H,16,17). The molecule has 3 nitrogen and oxygen atoms in total. The van der Waals surface area contributed by atoms with Crippen LogP contribution in [0.4, 0.5) is 0 Å².